The Morgan fingerprint density at radius 2 is 1.88 bits per heavy atom. The number of sulfone groups is 1. The van der Waals surface area contributed by atoms with Gasteiger partial charge in [-0.05, 0) is 62.9 Å². The molecule has 1 aromatic rings. The number of nitrogens with zero attached hydrogens (tertiary/aromatic N) is 1. The first kappa shape index (κ1) is 20.5. The summed E-state index contributed by atoms with van der Waals surface area (Å²) in [6.07, 6.45) is 3.32. The average molecular weight is 384 g/mol. The number of hydrogen-bond acceptors (Lipinski definition) is 5. The zero-order valence-corrected chi connectivity index (χ0v) is 16.3. The van der Waals surface area contributed by atoms with Gasteiger partial charge in [-0.3, -0.25) is 0 Å². The molecule has 1 atom stereocenters. The third-order valence-electron chi connectivity index (χ3n) is 4.83. The highest BCUT2D eigenvalue weighted by Crippen LogP contribution is 2.20. The third-order valence-corrected chi connectivity index (χ3v) is 5.95. The summed E-state index contributed by atoms with van der Waals surface area (Å²) in [7, 11) is -3.16. The minimum Gasteiger partial charge on any atom is -0.465 e. The van der Waals surface area contributed by atoms with Crippen LogP contribution in [0.15, 0.2) is 29.2 Å². The largest absolute Gasteiger partial charge is 0.465 e. The maximum Gasteiger partial charge on any atom is 0.407 e. The molecular formula is C18H29N3O4S. The molecule has 1 fully saturated rings. The van der Waals surface area contributed by atoms with Crippen molar-refractivity contribution in [2.45, 2.75) is 37.1 Å². The molecule has 1 aromatic carbocycles. The topological polar surface area (TPSA) is 98.7 Å². The lowest BCUT2D eigenvalue weighted by Crippen LogP contribution is -2.39. The van der Waals surface area contributed by atoms with Crippen molar-refractivity contribution < 1.29 is 18.3 Å². The summed E-state index contributed by atoms with van der Waals surface area (Å²) in [5.74, 6) is 0.585. The number of rotatable bonds is 8. The summed E-state index contributed by atoms with van der Waals surface area (Å²) in [5, 5.41) is 15.7. The van der Waals surface area contributed by atoms with Gasteiger partial charge in [0.05, 0.1) is 4.90 Å². The molecule has 1 amide bonds. The molecule has 1 heterocycles. The molecule has 0 unspecified atom stereocenters. The van der Waals surface area contributed by atoms with E-state index < -0.39 is 15.9 Å². The zero-order chi connectivity index (χ0) is 19.2. The highest BCUT2D eigenvalue weighted by Gasteiger charge is 2.21. The van der Waals surface area contributed by atoms with Gasteiger partial charge >= 0.3 is 6.09 Å². The Morgan fingerprint density at radius 3 is 2.42 bits per heavy atom. The number of piperidine rings is 1. The van der Waals surface area contributed by atoms with Gasteiger partial charge in [-0.2, -0.15) is 0 Å². The minimum atomic E-state index is -3.16. The molecule has 7 nitrogen and oxygen atoms in total. The van der Waals surface area contributed by atoms with Crippen LogP contribution in [0.1, 0.15) is 26.2 Å². The molecule has 0 radical (unpaired) electrons. The van der Waals surface area contributed by atoms with E-state index in [4.69, 9.17) is 5.11 Å². The summed E-state index contributed by atoms with van der Waals surface area (Å²) in [4.78, 5) is 12.7. The van der Waals surface area contributed by atoms with Gasteiger partial charge < -0.3 is 20.6 Å². The maximum absolute atomic E-state index is 11.4. The lowest BCUT2D eigenvalue weighted by molar-refractivity contribution is 0.123. The van der Waals surface area contributed by atoms with E-state index in [1.54, 1.807) is 24.3 Å². The van der Waals surface area contributed by atoms with Crippen molar-refractivity contribution >= 4 is 21.6 Å². The van der Waals surface area contributed by atoms with E-state index in [-0.39, 0.29) is 6.04 Å². The molecule has 8 heteroatoms. The standard InChI is InChI=1S/C18H29N3O4S/c1-14(13-20-16-3-5-17(6-4-16)26(2,24)25)19-10-7-15-8-11-21(12-9-15)18(22)23/h3-6,14-15,19-20H,7-13H2,1-2H3,(H,22,23)/t14-/m0/s1. The van der Waals surface area contributed by atoms with Crippen LogP contribution >= 0.6 is 0 Å². The van der Waals surface area contributed by atoms with Crippen molar-refractivity contribution in [3.05, 3.63) is 24.3 Å². The van der Waals surface area contributed by atoms with Crippen molar-refractivity contribution in [3.63, 3.8) is 0 Å². The lowest BCUT2D eigenvalue weighted by Gasteiger charge is -2.30. The highest BCUT2D eigenvalue weighted by atomic mass is 32.2. The normalized spacial score (nSPS) is 17.1. The summed E-state index contributed by atoms with van der Waals surface area (Å²) >= 11 is 0. The Morgan fingerprint density at radius 1 is 1.27 bits per heavy atom. The third kappa shape index (κ3) is 6.49. The Kier molecular flexibility index (Phi) is 7.28. The number of carboxylic acid groups (broad SMARTS) is 1. The number of likely N-dealkylation sites (tertiary alicyclic amines) is 1. The van der Waals surface area contributed by atoms with E-state index in [0.717, 1.165) is 38.0 Å². The highest BCUT2D eigenvalue weighted by molar-refractivity contribution is 7.90. The van der Waals surface area contributed by atoms with Crippen LogP contribution in [-0.2, 0) is 9.84 Å². The van der Waals surface area contributed by atoms with Crippen LogP contribution in [0.4, 0.5) is 10.5 Å². The van der Waals surface area contributed by atoms with Gasteiger partial charge in [0.15, 0.2) is 9.84 Å². The second kappa shape index (κ2) is 9.23. The Balaban J connectivity index is 1.63. The van der Waals surface area contributed by atoms with Crippen molar-refractivity contribution in [1.82, 2.24) is 10.2 Å². The molecule has 3 N–H and O–H groups in total. The first-order valence-corrected chi connectivity index (χ1v) is 10.9. The molecule has 0 bridgehead atoms. The predicted octanol–water partition coefficient (Wildman–Crippen LogP) is 2.26. The van der Waals surface area contributed by atoms with Gasteiger partial charge in [0.1, 0.15) is 0 Å². The van der Waals surface area contributed by atoms with Crippen LogP contribution in [0.2, 0.25) is 0 Å². The second-order valence-electron chi connectivity index (χ2n) is 7.03. The molecule has 2 rings (SSSR count). The number of amides is 1. The number of hydrogen-bond donors (Lipinski definition) is 3. The average Bonchev–Trinajstić information content (AvgIpc) is 2.60. The van der Waals surface area contributed by atoms with Gasteiger partial charge in [-0.1, -0.05) is 0 Å². The fourth-order valence-corrected chi connectivity index (χ4v) is 3.74. The van der Waals surface area contributed by atoms with E-state index in [1.807, 2.05) is 0 Å². The minimum absolute atomic E-state index is 0.281. The Labute approximate surface area is 155 Å². The van der Waals surface area contributed by atoms with Gasteiger partial charge in [0.2, 0.25) is 0 Å². The van der Waals surface area contributed by atoms with Gasteiger partial charge in [-0.15, -0.1) is 0 Å². The smallest absolute Gasteiger partial charge is 0.407 e. The molecule has 0 spiro atoms. The summed E-state index contributed by atoms with van der Waals surface area (Å²) < 4.78 is 22.9. The molecule has 1 aliphatic rings. The number of benzene rings is 1. The molecule has 1 aliphatic heterocycles. The van der Waals surface area contributed by atoms with E-state index >= 15 is 0 Å². The van der Waals surface area contributed by atoms with E-state index in [1.165, 1.54) is 11.2 Å². The lowest BCUT2D eigenvalue weighted by atomic mass is 9.94. The summed E-state index contributed by atoms with van der Waals surface area (Å²) in [6, 6.07) is 7.06. The Hall–Kier alpha value is -1.80. The van der Waals surface area contributed by atoms with Crippen molar-refractivity contribution in [2.75, 3.05) is 37.8 Å². The first-order valence-electron chi connectivity index (χ1n) is 9.01. The maximum atomic E-state index is 11.4. The number of nitrogens with one attached hydrogen (secondary N) is 2. The molecule has 26 heavy (non-hydrogen) atoms. The van der Waals surface area contributed by atoms with E-state index in [0.29, 0.717) is 23.9 Å². The Bertz CT molecular complexity index is 683. The van der Waals surface area contributed by atoms with Gasteiger partial charge in [0.25, 0.3) is 0 Å². The number of anilines is 1. The quantitative estimate of drug-likeness (QED) is 0.637. The van der Waals surface area contributed by atoms with Crippen LogP contribution in [0, 0.1) is 5.92 Å². The monoisotopic (exact) mass is 383 g/mol. The van der Waals surface area contributed by atoms with Crippen LogP contribution < -0.4 is 10.6 Å². The fraction of sp³-hybridized carbons (Fsp3) is 0.611. The van der Waals surface area contributed by atoms with Crippen molar-refractivity contribution in [3.8, 4) is 0 Å². The predicted molar refractivity (Wildman–Crippen MR) is 102 cm³/mol. The van der Waals surface area contributed by atoms with Gasteiger partial charge in [-0.25, -0.2) is 13.2 Å². The van der Waals surface area contributed by atoms with Crippen LogP contribution in [-0.4, -0.2) is 63.0 Å². The zero-order valence-electron chi connectivity index (χ0n) is 15.4. The first-order chi connectivity index (χ1) is 12.3. The molecule has 146 valence electrons. The summed E-state index contributed by atoms with van der Waals surface area (Å²) in [6.45, 7) is 5.04. The van der Waals surface area contributed by atoms with Crippen LogP contribution in [0.3, 0.4) is 0 Å². The molecule has 0 aromatic heterocycles. The fourth-order valence-electron chi connectivity index (χ4n) is 3.11. The molecular weight excluding hydrogens is 354 g/mol. The number of carbonyl (C=O) groups is 1. The summed E-state index contributed by atoms with van der Waals surface area (Å²) in [5.41, 5.74) is 0.895. The van der Waals surface area contributed by atoms with E-state index in [2.05, 4.69) is 17.6 Å². The van der Waals surface area contributed by atoms with Crippen molar-refractivity contribution in [2.24, 2.45) is 5.92 Å². The molecule has 1 saturated heterocycles. The van der Waals surface area contributed by atoms with E-state index in [9.17, 15) is 13.2 Å². The van der Waals surface area contributed by atoms with Crippen LogP contribution in [0.25, 0.3) is 0 Å². The van der Waals surface area contributed by atoms with Crippen molar-refractivity contribution in [1.29, 1.82) is 0 Å². The van der Waals surface area contributed by atoms with Gasteiger partial charge in [0, 0.05) is 37.6 Å². The SMILES string of the molecule is C[C@@H](CNc1ccc(S(C)(=O)=O)cc1)NCCC1CCN(C(=O)O)CC1. The molecule has 0 aliphatic carbocycles. The molecule has 0 saturated carbocycles. The second-order valence-corrected chi connectivity index (χ2v) is 9.05. The van der Waals surface area contributed by atoms with Crippen LogP contribution in [0.5, 0.6) is 0 Å².